The summed E-state index contributed by atoms with van der Waals surface area (Å²) in [5, 5.41) is 0. The van der Waals surface area contributed by atoms with Gasteiger partial charge in [-0.1, -0.05) is 18.2 Å². The topological polar surface area (TPSA) is 46.6 Å². The van der Waals surface area contributed by atoms with Crippen molar-refractivity contribution < 1.29 is 13.2 Å². The molecule has 0 saturated heterocycles. The Hall–Kier alpha value is -1.07. The molecule has 0 bridgehead atoms. The largest absolute Gasteiger partial charge is 0.496 e. The molecule has 0 heterocycles. The maximum absolute atomic E-state index is 11.2. The maximum Gasteiger partial charge on any atom is 0.148 e. The first-order valence-electron chi connectivity index (χ1n) is 6.33. The Morgan fingerprint density at radius 2 is 1.95 bits per heavy atom. The zero-order valence-corrected chi connectivity index (χ0v) is 12.9. The van der Waals surface area contributed by atoms with Crippen LogP contribution >= 0.6 is 0 Å². The molecule has 0 saturated carbocycles. The van der Waals surface area contributed by atoms with Gasteiger partial charge in [0.25, 0.3) is 0 Å². The SMILES string of the molecule is COc1ccccc1C[C@@H](C)N(C)CCS(C)(=O)=O. The summed E-state index contributed by atoms with van der Waals surface area (Å²) in [7, 11) is 0.708. The lowest BCUT2D eigenvalue weighted by molar-refractivity contribution is 0.268. The normalized spacial score (nSPS) is 13.5. The zero-order valence-electron chi connectivity index (χ0n) is 12.1. The molecule has 1 aromatic carbocycles. The highest BCUT2D eigenvalue weighted by molar-refractivity contribution is 7.90. The van der Waals surface area contributed by atoms with Crippen LogP contribution in [0.1, 0.15) is 12.5 Å². The first-order chi connectivity index (χ1) is 8.83. The number of ether oxygens (including phenoxy) is 1. The van der Waals surface area contributed by atoms with Gasteiger partial charge in [0.2, 0.25) is 0 Å². The van der Waals surface area contributed by atoms with Gasteiger partial charge in [-0.15, -0.1) is 0 Å². The van der Waals surface area contributed by atoms with E-state index in [2.05, 4.69) is 11.8 Å². The van der Waals surface area contributed by atoms with Gasteiger partial charge in [0.15, 0.2) is 0 Å². The van der Waals surface area contributed by atoms with Crippen molar-refractivity contribution >= 4 is 9.84 Å². The standard InChI is InChI=1S/C14H23NO3S/c1-12(15(2)9-10-19(4,16)17)11-13-7-5-6-8-14(13)18-3/h5-8,12H,9-11H2,1-4H3/t12-/m1/s1. The van der Waals surface area contributed by atoms with Gasteiger partial charge in [0.05, 0.1) is 12.9 Å². The fourth-order valence-corrected chi connectivity index (χ4v) is 2.50. The molecule has 0 aliphatic rings. The summed E-state index contributed by atoms with van der Waals surface area (Å²) in [6, 6.07) is 8.18. The van der Waals surface area contributed by atoms with Gasteiger partial charge < -0.3 is 9.64 Å². The highest BCUT2D eigenvalue weighted by atomic mass is 32.2. The van der Waals surface area contributed by atoms with Crippen LogP contribution in [0.4, 0.5) is 0 Å². The lowest BCUT2D eigenvalue weighted by atomic mass is 10.1. The van der Waals surface area contributed by atoms with Crippen LogP contribution in [0, 0.1) is 0 Å². The van der Waals surface area contributed by atoms with E-state index >= 15 is 0 Å². The fourth-order valence-electron chi connectivity index (χ4n) is 1.88. The highest BCUT2D eigenvalue weighted by Crippen LogP contribution is 2.20. The van der Waals surface area contributed by atoms with Crippen LogP contribution in [-0.2, 0) is 16.3 Å². The monoisotopic (exact) mass is 285 g/mol. The molecule has 1 aromatic rings. The van der Waals surface area contributed by atoms with E-state index in [9.17, 15) is 8.42 Å². The molecule has 5 heteroatoms. The third-order valence-electron chi connectivity index (χ3n) is 3.28. The van der Waals surface area contributed by atoms with E-state index in [1.165, 1.54) is 6.26 Å². The van der Waals surface area contributed by atoms with E-state index in [1.54, 1.807) is 7.11 Å². The van der Waals surface area contributed by atoms with Crippen molar-refractivity contribution in [3.63, 3.8) is 0 Å². The van der Waals surface area contributed by atoms with Crippen LogP contribution in [0.3, 0.4) is 0 Å². The molecule has 108 valence electrons. The van der Waals surface area contributed by atoms with Crippen LogP contribution in [0.25, 0.3) is 0 Å². The quantitative estimate of drug-likeness (QED) is 0.763. The summed E-state index contributed by atoms with van der Waals surface area (Å²) in [6.45, 7) is 2.64. The molecular formula is C14H23NO3S. The maximum atomic E-state index is 11.2. The Bertz CT molecular complexity index is 499. The minimum atomic E-state index is -2.90. The highest BCUT2D eigenvalue weighted by Gasteiger charge is 2.14. The number of para-hydroxylation sites is 1. The molecule has 0 fully saturated rings. The predicted octanol–water partition coefficient (Wildman–Crippen LogP) is 1.60. The molecule has 19 heavy (non-hydrogen) atoms. The number of benzene rings is 1. The number of methoxy groups -OCH3 is 1. The van der Waals surface area contributed by atoms with E-state index < -0.39 is 9.84 Å². The molecule has 0 aliphatic heterocycles. The molecule has 0 N–H and O–H groups in total. The van der Waals surface area contributed by atoms with Crippen molar-refractivity contribution in [2.75, 3.05) is 32.7 Å². The average molecular weight is 285 g/mol. The molecule has 1 atom stereocenters. The Morgan fingerprint density at radius 3 is 2.53 bits per heavy atom. The second-order valence-corrected chi connectivity index (χ2v) is 7.24. The summed E-state index contributed by atoms with van der Waals surface area (Å²) in [4.78, 5) is 2.06. The van der Waals surface area contributed by atoms with E-state index in [-0.39, 0.29) is 11.8 Å². The Labute approximate surface area is 116 Å². The summed E-state index contributed by atoms with van der Waals surface area (Å²) in [6.07, 6.45) is 2.11. The van der Waals surface area contributed by atoms with Gasteiger partial charge in [0.1, 0.15) is 15.6 Å². The van der Waals surface area contributed by atoms with Crippen LogP contribution in [-0.4, -0.2) is 52.1 Å². The molecule has 0 unspecified atom stereocenters. The lowest BCUT2D eigenvalue weighted by Gasteiger charge is -2.25. The van der Waals surface area contributed by atoms with Gasteiger partial charge in [-0.25, -0.2) is 8.42 Å². The molecule has 0 amide bonds. The zero-order chi connectivity index (χ0) is 14.5. The van der Waals surface area contributed by atoms with Crippen LogP contribution in [0.5, 0.6) is 5.75 Å². The van der Waals surface area contributed by atoms with Crippen LogP contribution in [0.2, 0.25) is 0 Å². The van der Waals surface area contributed by atoms with Gasteiger partial charge in [-0.3, -0.25) is 0 Å². The van der Waals surface area contributed by atoms with Gasteiger partial charge in [-0.05, 0) is 32.0 Å². The van der Waals surface area contributed by atoms with Crippen molar-refractivity contribution in [1.82, 2.24) is 4.90 Å². The third-order valence-corrected chi connectivity index (χ3v) is 4.20. The molecule has 0 radical (unpaired) electrons. The van der Waals surface area contributed by atoms with Crippen molar-refractivity contribution in [2.24, 2.45) is 0 Å². The summed E-state index contributed by atoms with van der Waals surface area (Å²) in [5.41, 5.74) is 1.14. The Morgan fingerprint density at radius 1 is 1.32 bits per heavy atom. The Kier molecular flexibility index (Phi) is 5.82. The van der Waals surface area contributed by atoms with Crippen molar-refractivity contribution in [2.45, 2.75) is 19.4 Å². The second kappa shape index (κ2) is 6.91. The van der Waals surface area contributed by atoms with Gasteiger partial charge in [0, 0.05) is 18.8 Å². The van der Waals surface area contributed by atoms with Crippen molar-refractivity contribution in [1.29, 1.82) is 0 Å². The molecule has 0 aromatic heterocycles. The molecule has 1 rings (SSSR count). The van der Waals surface area contributed by atoms with Crippen LogP contribution in [0.15, 0.2) is 24.3 Å². The lowest BCUT2D eigenvalue weighted by Crippen LogP contribution is -2.34. The number of hydrogen-bond donors (Lipinski definition) is 0. The van der Waals surface area contributed by atoms with E-state index in [0.29, 0.717) is 6.54 Å². The predicted molar refractivity (Wildman–Crippen MR) is 78.5 cm³/mol. The minimum absolute atomic E-state index is 0.194. The first-order valence-corrected chi connectivity index (χ1v) is 8.39. The van der Waals surface area contributed by atoms with Gasteiger partial charge >= 0.3 is 0 Å². The first kappa shape index (κ1) is 16.0. The van der Waals surface area contributed by atoms with Crippen LogP contribution < -0.4 is 4.74 Å². The number of sulfone groups is 1. The molecular weight excluding hydrogens is 262 g/mol. The summed E-state index contributed by atoms with van der Waals surface area (Å²) < 4.78 is 27.7. The fraction of sp³-hybridized carbons (Fsp3) is 0.571. The minimum Gasteiger partial charge on any atom is -0.496 e. The number of likely N-dealkylation sites (N-methyl/N-ethyl adjacent to an activating group) is 1. The van der Waals surface area contributed by atoms with E-state index in [0.717, 1.165) is 17.7 Å². The third kappa shape index (κ3) is 5.61. The molecule has 0 spiro atoms. The van der Waals surface area contributed by atoms with E-state index in [4.69, 9.17) is 4.74 Å². The number of rotatable bonds is 7. The van der Waals surface area contributed by atoms with E-state index in [1.807, 2.05) is 31.3 Å². The molecule has 0 aliphatic carbocycles. The number of nitrogens with zero attached hydrogens (tertiary/aromatic N) is 1. The van der Waals surface area contributed by atoms with Crippen molar-refractivity contribution in [3.8, 4) is 5.75 Å². The second-order valence-electron chi connectivity index (χ2n) is 4.98. The smallest absolute Gasteiger partial charge is 0.148 e. The number of hydrogen-bond acceptors (Lipinski definition) is 4. The average Bonchev–Trinajstić information content (AvgIpc) is 2.35. The molecule has 4 nitrogen and oxygen atoms in total. The van der Waals surface area contributed by atoms with Gasteiger partial charge in [-0.2, -0.15) is 0 Å². The van der Waals surface area contributed by atoms with Crippen molar-refractivity contribution in [3.05, 3.63) is 29.8 Å². The Balaban J connectivity index is 2.61. The summed E-state index contributed by atoms with van der Waals surface area (Å²) >= 11 is 0. The summed E-state index contributed by atoms with van der Waals surface area (Å²) in [5.74, 6) is 1.07.